The van der Waals surface area contributed by atoms with Gasteiger partial charge < -0.3 is 10.1 Å². The number of carbonyl (C=O) groups excluding carboxylic acids is 1. The second kappa shape index (κ2) is 6.93. The van der Waals surface area contributed by atoms with Crippen molar-refractivity contribution in [2.75, 3.05) is 13.2 Å². The number of amides is 1. The minimum atomic E-state index is -4.84. The monoisotopic (exact) mass is 291 g/mol. The molecule has 0 aliphatic heterocycles. The van der Waals surface area contributed by atoms with Crippen LogP contribution in [0.15, 0.2) is 31.0 Å². The van der Waals surface area contributed by atoms with E-state index in [-0.39, 0.29) is 6.54 Å². The lowest BCUT2D eigenvalue weighted by Crippen LogP contribution is -2.27. The highest BCUT2D eigenvalue weighted by Crippen LogP contribution is 2.32. The van der Waals surface area contributed by atoms with Crippen molar-refractivity contribution in [2.24, 2.45) is 0 Å². The molecule has 3 nitrogen and oxygen atoms in total. The van der Waals surface area contributed by atoms with Crippen LogP contribution in [0.1, 0.15) is 22.3 Å². The molecule has 1 aromatic rings. The normalized spacial score (nSPS) is 11.0. The molecule has 0 bridgehead atoms. The molecule has 0 unspecified atom stereocenters. The third-order valence-electron chi connectivity index (χ3n) is 2.39. The van der Waals surface area contributed by atoms with Gasteiger partial charge in [-0.2, -0.15) is 13.2 Å². The molecule has 110 valence electrons. The topological polar surface area (TPSA) is 38.3 Å². The Balaban J connectivity index is 2.72. The Labute approximate surface area is 113 Å². The molecule has 0 radical (unpaired) electrons. The number of hydrogen-bond acceptors (Lipinski definition) is 2. The van der Waals surface area contributed by atoms with Crippen molar-refractivity contribution in [3.05, 3.63) is 48.0 Å². The van der Waals surface area contributed by atoms with E-state index in [9.17, 15) is 22.4 Å². The van der Waals surface area contributed by atoms with Crippen molar-refractivity contribution in [2.45, 2.75) is 12.6 Å². The third-order valence-corrected chi connectivity index (χ3v) is 2.39. The first-order valence-electron chi connectivity index (χ1n) is 5.74. The van der Waals surface area contributed by atoms with Crippen LogP contribution in [0.3, 0.4) is 0 Å². The van der Waals surface area contributed by atoms with Crippen molar-refractivity contribution in [1.29, 1.82) is 0 Å². The summed E-state index contributed by atoms with van der Waals surface area (Å²) in [6.07, 6.45) is -3.18. The molecule has 1 amide bonds. The molecule has 7 heteroatoms. The largest absolute Gasteiger partial charge is 0.502 e. The standard InChI is InChI=1S/C13H13F4NO2/c1-2-20-8-4-7-18-12(19)9-5-3-6-10(11(9)14)13(15,16)17/h2-3,5-6H,1,4,7-8H2,(H,18,19). The predicted molar refractivity (Wildman–Crippen MR) is 64.5 cm³/mol. The number of rotatable bonds is 6. The van der Waals surface area contributed by atoms with Crippen LogP contribution in [0.4, 0.5) is 17.6 Å². The first kappa shape index (κ1) is 16.0. The van der Waals surface area contributed by atoms with Crippen LogP contribution in [-0.4, -0.2) is 19.1 Å². The molecular weight excluding hydrogens is 278 g/mol. The quantitative estimate of drug-likeness (QED) is 0.497. The van der Waals surface area contributed by atoms with E-state index in [2.05, 4.69) is 11.9 Å². The fourth-order valence-electron chi connectivity index (χ4n) is 1.46. The maximum absolute atomic E-state index is 13.6. The summed E-state index contributed by atoms with van der Waals surface area (Å²) < 4.78 is 55.9. The maximum Gasteiger partial charge on any atom is 0.419 e. The Morgan fingerprint density at radius 2 is 2.10 bits per heavy atom. The van der Waals surface area contributed by atoms with E-state index >= 15 is 0 Å². The van der Waals surface area contributed by atoms with Gasteiger partial charge in [-0.3, -0.25) is 4.79 Å². The smallest absolute Gasteiger partial charge is 0.419 e. The minimum Gasteiger partial charge on any atom is -0.502 e. The summed E-state index contributed by atoms with van der Waals surface area (Å²) in [4.78, 5) is 11.6. The molecule has 0 aromatic heterocycles. The lowest BCUT2D eigenvalue weighted by molar-refractivity contribution is -0.140. The molecular formula is C13H13F4NO2. The first-order chi connectivity index (χ1) is 9.38. The lowest BCUT2D eigenvalue weighted by atomic mass is 10.1. The van der Waals surface area contributed by atoms with Crippen LogP contribution < -0.4 is 5.32 Å². The highest BCUT2D eigenvalue weighted by atomic mass is 19.4. The van der Waals surface area contributed by atoms with E-state index < -0.39 is 29.0 Å². The Hall–Kier alpha value is -2.05. The highest BCUT2D eigenvalue weighted by Gasteiger charge is 2.35. The van der Waals surface area contributed by atoms with Crippen LogP contribution in [0.2, 0.25) is 0 Å². The SMILES string of the molecule is C=COCCCNC(=O)c1cccc(C(F)(F)F)c1F. The van der Waals surface area contributed by atoms with Crippen LogP contribution in [0, 0.1) is 5.82 Å². The lowest BCUT2D eigenvalue weighted by Gasteiger charge is -2.11. The van der Waals surface area contributed by atoms with Crippen LogP contribution in [0.5, 0.6) is 0 Å². The van der Waals surface area contributed by atoms with Crippen molar-refractivity contribution < 1.29 is 27.1 Å². The van der Waals surface area contributed by atoms with E-state index in [1.165, 1.54) is 6.26 Å². The summed E-state index contributed by atoms with van der Waals surface area (Å²) in [7, 11) is 0. The third kappa shape index (κ3) is 4.25. The number of carbonyl (C=O) groups is 1. The fourth-order valence-corrected chi connectivity index (χ4v) is 1.46. The number of benzene rings is 1. The number of alkyl halides is 3. The summed E-state index contributed by atoms with van der Waals surface area (Å²) in [5, 5.41) is 2.32. The Morgan fingerprint density at radius 1 is 1.40 bits per heavy atom. The van der Waals surface area contributed by atoms with Gasteiger partial charge in [0.1, 0.15) is 5.82 Å². The highest BCUT2D eigenvalue weighted by molar-refractivity contribution is 5.94. The predicted octanol–water partition coefficient (Wildman–Crippen LogP) is 3.12. The number of ether oxygens (including phenoxy) is 1. The van der Waals surface area contributed by atoms with Gasteiger partial charge >= 0.3 is 6.18 Å². The van der Waals surface area contributed by atoms with E-state index in [0.29, 0.717) is 19.1 Å². The first-order valence-corrected chi connectivity index (χ1v) is 5.74. The van der Waals surface area contributed by atoms with Crippen LogP contribution >= 0.6 is 0 Å². The van der Waals surface area contributed by atoms with Gasteiger partial charge in [0.05, 0.1) is 24.0 Å². The molecule has 0 heterocycles. The summed E-state index contributed by atoms with van der Waals surface area (Å²) in [5.41, 5.74) is -2.09. The van der Waals surface area contributed by atoms with Crippen LogP contribution in [0.25, 0.3) is 0 Å². The fraction of sp³-hybridized carbons (Fsp3) is 0.308. The van der Waals surface area contributed by atoms with Gasteiger partial charge in [-0.05, 0) is 18.6 Å². The summed E-state index contributed by atoms with van der Waals surface area (Å²) in [6.45, 7) is 3.78. The number of halogens is 4. The maximum atomic E-state index is 13.6. The second-order valence-corrected chi connectivity index (χ2v) is 3.81. The zero-order valence-electron chi connectivity index (χ0n) is 10.5. The molecule has 0 fully saturated rings. The molecule has 20 heavy (non-hydrogen) atoms. The minimum absolute atomic E-state index is 0.155. The molecule has 1 aromatic carbocycles. The number of nitrogens with one attached hydrogen (secondary N) is 1. The summed E-state index contributed by atoms with van der Waals surface area (Å²) in [6, 6.07) is 2.58. The van der Waals surface area contributed by atoms with Crippen molar-refractivity contribution in [3.63, 3.8) is 0 Å². The van der Waals surface area contributed by atoms with Crippen molar-refractivity contribution in [1.82, 2.24) is 5.32 Å². The van der Waals surface area contributed by atoms with Gasteiger partial charge in [-0.15, -0.1) is 0 Å². The molecule has 1 N–H and O–H groups in total. The Morgan fingerprint density at radius 3 is 2.70 bits per heavy atom. The van der Waals surface area contributed by atoms with Gasteiger partial charge in [0.2, 0.25) is 0 Å². The molecule has 0 aliphatic carbocycles. The van der Waals surface area contributed by atoms with Crippen molar-refractivity contribution in [3.8, 4) is 0 Å². The average molecular weight is 291 g/mol. The molecule has 0 aliphatic rings. The Bertz CT molecular complexity index is 486. The van der Waals surface area contributed by atoms with E-state index in [0.717, 1.165) is 12.1 Å². The van der Waals surface area contributed by atoms with E-state index in [1.807, 2.05) is 0 Å². The van der Waals surface area contributed by atoms with E-state index in [1.54, 1.807) is 0 Å². The van der Waals surface area contributed by atoms with E-state index in [4.69, 9.17) is 4.74 Å². The summed E-state index contributed by atoms with van der Waals surface area (Å²) in [5.74, 6) is -2.47. The molecule has 0 atom stereocenters. The molecule has 0 saturated heterocycles. The van der Waals surface area contributed by atoms with Crippen molar-refractivity contribution >= 4 is 5.91 Å². The average Bonchev–Trinajstić information content (AvgIpc) is 2.37. The van der Waals surface area contributed by atoms with Gasteiger partial charge in [-0.25, -0.2) is 4.39 Å². The van der Waals surface area contributed by atoms with Crippen LogP contribution in [-0.2, 0) is 10.9 Å². The summed E-state index contributed by atoms with van der Waals surface area (Å²) >= 11 is 0. The van der Waals surface area contributed by atoms with Gasteiger partial charge in [0.15, 0.2) is 0 Å². The molecule has 1 rings (SSSR count). The molecule has 0 saturated carbocycles. The zero-order valence-corrected chi connectivity index (χ0v) is 10.5. The zero-order chi connectivity index (χ0) is 15.2. The van der Waals surface area contributed by atoms with Gasteiger partial charge in [0.25, 0.3) is 5.91 Å². The second-order valence-electron chi connectivity index (χ2n) is 3.81. The Kier molecular flexibility index (Phi) is 5.54. The van der Waals surface area contributed by atoms with Gasteiger partial charge in [0, 0.05) is 6.54 Å². The van der Waals surface area contributed by atoms with Gasteiger partial charge in [-0.1, -0.05) is 12.6 Å². The molecule has 0 spiro atoms. The number of hydrogen-bond donors (Lipinski definition) is 1.